The Labute approximate surface area is 223 Å². The summed E-state index contributed by atoms with van der Waals surface area (Å²) in [5.41, 5.74) is 5.02. The van der Waals surface area contributed by atoms with Crippen molar-refractivity contribution in [3.63, 3.8) is 0 Å². The summed E-state index contributed by atoms with van der Waals surface area (Å²) in [5.74, 6) is 2.06. The molecule has 0 unspecified atom stereocenters. The Morgan fingerprint density at radius 1 is 0.895 bits per heavy atom. The summed E-state index contributed by atoms with van der Waals surface area (Å²) in [5, 5.41) is 20.4. The van der Waals surface area contributed by atoms with Crippen LogP contribution in [0.3, 0.4) is 0 Å². The number of hydrogen-bond acceptors (Lipinski definition) is 6. The highest BCUT2D eigenvalue weighted by Crippen LogP contribution is 2.36. The van der Waals surface area contributed by atoms with Crippen LogP contribution < -0.4 is 20.3 Å². The number of amides is 2. The molecular formula is C29H35N7O2. The van der Waals surface area contributed by atoms with Gasteiger partial charge in [-0.15, -0.1) is 5.10 Å². The van der Waals surface area contributed by atoms with Crippen molar-refractivity contribution in [1.82, 2.24) is 20.6 Å². The van der Waals surface area contributed by atoms with Crippen LogP contribution >= 0.6 is 0 Å². The normalized spacial score (nSPS) is 11.0. The van der Waals surface area contributed by atoms with Crippen LogP contribution in [0.15, 0.2) is 66.7 Å². The quantitative estimate of drug-likeness (QED) is 0.229. The van der Waals surface area contributed by atoms with Crippen molar-refractivity contribution in [2.75, 3.05) is 35.7 Å². The van der Waals surface area contributed by atoms with Crippen molar-refractivity contribution < 1.29 is 9.53 Å². The molecule has 198 valence electrons. The number of hydrogen-bond donors (Lipinski definition) is 3. The van der Waals surface area contributed by atoms with E-state index in [1.807, 2.05) is 48.5 Å². The summed E-state index contributed by atoms with van der Waals surface area (Å²) in [7, 11) is 1.58. The fourth-order valence-electron chi connectivity index (χ4n) is 4.47. The Bertz CT molecular complexity index is 1340. The molecule has 0 radical (unpaired) electrons. The van der Waals surface area contributed by atoms with Crippen molar-refractivity contribution in [1.29, 1.82) is 0 Å². The number of rotatable bonds is 10. The number of H-pyrrole nitrogens is 1. The van der Waals surface area contributed by atoms with Gasteiger partial charge in [0.1, 0.15) is 5.75 Å². The Hall–Kier alpha value is -4.40. The lowest BCUT2D eigenvalue weighted by atomic mass is 9.97. The lowest BCUT2D eigenvalue weighted by molar-refractivity contribution is 0.262. The highest BCUT2D eigenvalue weighted by molar-refractivity contribution is 6.03. The fourth-order valence-corrected chi connectivity index (χ4v) is 4.47. The molecule has 4 rings (SSSR count). The van der Waals surface area contributed by atoms with Gasteiger partial charge in [0.05, 0.1) is 24.2 Å². The smallest absolute Gasteiger partial charge is 0.323 e. The van der Waals surface area contributed by atoms with Crippen LogP contribution in [-0.4, -0.2) is 46.9 Å². The number of urea groups is 1. The first-order valence-corrected chi connectivity index (χ1v) is 12.8. The number of carbonyl (C=O) groups is 1. The molecule has 0 aliphatic carbocycles. The molecule has 2 amide bonds. The molecule has 0 atom stereocenters. The van der Waals surface area contributed by atoms with Gasteiger partial charge in [-0.2, -0.15) is 0 Å². The number of aromatic amines is 1. The number of aromatic nitrogens is 4. The summed E-state index contributed by atoms with van der Waals surface area (Å²) >= 11 is 0. The number of nitrogens with zero attached hydrogens (tertiary/aromatic N) is 4. The van der Waals surface area contributed by atoms with E-state index >= 15 is 0 Å². The van der Waals surface area contributed by atoms with Gasteiger partial charge in [-0.1, -0.05) is 70.2 Å². The number of tetrazole rings is 1. The second-order valence-electron chi connectivity index (χ2n) is 10.00. The lowest BCUT2D eigenvalue weighted by Gasteiger charge is -2.31. The van der Waals surface area contributed by atoms with Gasteiger partial charge in [-0.3, -0.25) is 0 Å². The maximum absolute atomic E-state index is 13.2. The first-order valence-electron chi connectivity index (χ1n) is 12.8. The minimum Gasteiger partial charge on any atom is -0.495 e. The molecule has 0 spiro atoms. The number of methoxy groups -OCH3 is 1. The van der Waals surface area contributed by atoms with Gasteiger partial charge in [0.25, 0.3) is 0 Å². The summed E-state index contributed by atoms with van der Waals surface area (Å²) in [6, 6.07) is 21.1. The van der Waals surface area contributed by atoms with Gasteiger partial charge in [-0.25, -0.2) is 9.89 Å². The monoisotopic (exact) mass is 513 g/mol. The second-order valence-corrected chi connectivity index (χ2v) is 10.00. The van der Waals surface area contributed by atoms with Gasteiger partial charge >= 0.3 is 6.03 Å². The number of carbonyl (C=O) groups excluding carboxylic acids is 1. The van der Waals surface area contributed by atoms with E-state index in [1.54, 1.807) is 13.2 Å². The van der Waals surface area contributed by atoms with Crippen LogP contribution in [-0.2, 0) is 0 Å². The molecule has 1 heterocycles. The Morgan fingerprint density at radius 3 is 2.21 bits per heavy atom. The molecule has 3 N–H and O–H groups in total. The number of nitrogens with one attached hydrogen (secondary N) is 3. The first kappa shape index (κ1) is 26.7. The third kappa shape index (κ3) is 6.47. The Morgan fingerprint density at radius 2 is 1.55 bits per heavy atom. The SMILES string of the molecule is COc1ccccc1NC(=O)Nc1cc(-c2ccccc2-c2nnn[nH]2)ccc1N(CC(C)C)CC(C)C. The predicted octanol–water partition coefficient (Wildman–Crippen LogP) is 6.30. The molecule has 4 aromatic rings. The minimum atomic E-state index is -0.352. The number of anilines is 3. The van der Waals surface area contributed by atoms with Crippen molar-refractivity contribution in [3.05, 3.63) is 66.7 Å². The van der Waals surface area contributed by atoms with E-state index in [0.717, 1.165) is 35.5 Å². The van der Waals surface area contributed by atoms with E-state index in [9.17, 15) is 4.79 Å². The molecule has 0 bridgehead atoms. The summed E-state index contributed by atoms with van der Waals surface area (Å²) in [6.45, 7) is 10.5. The number of benzene rings is 3. The highest BCUT2D eigenvalue weighted by Gasteiger charge is 2.19. The molecule has 0 fully saturated rings. The largest absolute Gasteiger partial charge is 0.495 e. The topological polar surface area (TPSA) is 108 Å². The zero-order chi connectivity index (χ0) is 27.1. The molecule has 1 aromatic heterocycles. The molecule has 38 heavy (non-hydrogen) atoms. The van der Waals surface area contributed by atoms with E-state index in [-0.39, 0.29) is 6.03 Å². The molecular weight excluding hydrogens is 478 g/mol. The average molecular weight is 514 g/mol. The summed E-state index contributed by atoms with van der Waals surface area (Å²) in [6.07, 6.45) is 0. The van der Waals surface area contributed by atoms with Crippen LogP contribution in [0.4, 0.5) is 21.9 Å². The zero-order valence-corrected chi connectivity index (χ0v) is 22.5. The maximum Gasteiger partial charge on any atom is 0.323 e. The Balaban J connectivity index is 1.75. The zero-order valence-electron chi connectivity index (χ0n) is 22.5. The third-order valence-electron chi connectivity index (χ3n) is 5.95. The van der Waals surface area contributed by atoms with Crippen molar-refractivity contribution in [2.24, 2.45) is 11.8 Å². The van der Waals surface area contributed by atoms with Crippen LogP contribution in [0.25, 0.3) is 22.5 Å². The standard InChI is InChI=1S/C29H35N7O2/c1-19(2)17-36(18-20(3)4)26-15-14-21(22-10-6-7-11-23(22)28-32-34-35-33-28)16-25(26)31-29(37)30-24-12-8-9-13-27(24)38-5/h6-16,19-20H,17-18H2,1-5H3,(H2,30,31,37)(H,32,33,34,35). The molecule has 0 aliphatic rings. The van der Waals surface area contributed by atoms with Crippen LogP contribution in [0.2, 0.25) is 0 Å². The molecule has 9 heteroatoms. The van der Waals surface area contributed by atoms with E-state index in [0.29, 0.717) is 34.8 Å². The van der Waals surface area contributed by atoms with E-state index in [4.69, 9.17) is 4.74 Å². The maximum atomic E-state index is 13.2. The average Bonchev–Trinajstić information content (AvgIpc) is 3.43. The van der Waals surface area contributed by atoms with Crippen LogP contribution in [0, 0.1) is 11.8 Å². The predicted molar refractivity (Wildman–Crippen MR) is 153 cm³/mol. The van der Waals surface area contributed by atoms with E-state index in [1.165, 1.54) is 0 Å². The van der Waals surface area contributed by atoms with Crippen molar-refractivity contribution in [3.8, 4) is 28.3 Å². The third-order valence-corrected chi connectivity index (χ3v) is 5.95. The van der Waals surface area contributed by atoms with Gasteiger partial charge in [0.15, 0.2) is 5.82 Å². The summed E-state index contributed by atoms with van der Waals surface area (Å²) in [4.78, 5) is 15.6. The highest BCUT2D eigenvalue weighted by atomic mass is 16.5. The molecule has 0 aliphatic heterocycles. The van der Waals surface area contributed by atoms with E-state index in [2.05, 4.69) is 76.0 Å². The minimum absolute atomic E-state index is 0.352. The van der Waals surface area contributed by atoms with Gasteiger partial charge < -0.3 is 20.3 Å². The number of ether oxygens (including phenoxy) is 1. The molecule has 3 aromatic carbocycles. The van der Waals surface area contributed by atoms with Crippen molar-refractivity contribution >= 4 is 23.1 Å². The number of para-hydroxylation sites is 2. The summed E-state index contributed by atoms with van der Waals surface area (Å²) < 4.78 is 5.40. The lowest BCUT2D eigenvalue weighted by Crippen LogP contribution is -2.32. The van der Waals surface area contributed by atoms with Gasteiger partial charge in [0.2, 0.25) is 0 Å². The Kier molecular flexibility index (Phi) is 8.58. The molecule has 9 nitrogen and oxygen atoms in total. The second kappa shape index (κ2) is 12.2. The fraction of sp³-hybridized carbons (Fsp3) is 0.310. The molecule has 0 saturated heterocycles. The van der Waals surface area contributed by atoms with Crippen LogP contribution in [0.5, 0.6) is 5.75 Å². The van der Waals surface area contributed by atoms with E-state index < -0.39 is 0 Å². The van der Waals surface area contributed by atoms with Gasteiger partial charge in [-0.05, 0) is 57.7 Å². The van der Waals surface area contributed by atoms with Crippen LogP contribution in [0.1, 0.15) is 27.7 Å². The van der Waals surface area contributed by atoms with Crippen molar-refractivity contribution in [2.45, 2.75) is 27.7 Å². The van der Waals surface area contributed by atoms with Gasteiger partial charge in [0, 0.05) is 18.7 Å². The molecule has 0 saturated carbocycles. The first-order chi connectivity index (χ1) is 18.4.